The van der Waals surface area contributed by atoms with Crippen molar-refractivity contribution in [2.45, 2.75) is 25.9 Å². The molecule has 0 radical (unpaired) electrons. The highest BCUT2D eigenvalue weighted by molar-refractivity contribution is 5.30. The van der Waals surface area contributed by atoms with Gasteiger partial charge in [-0.1, -0.05) is 19.1 Å². The van der Waals surface area contributed by atoms with Gasteiger partial charge in [-0.05, 0) is 38.2 Å². The lowest BCUT2D eigenvalue weighted by Crippen LogP contribution is -2.41. The number of methoxy groups -OCH3 is 2. The van der Waals surface area contributed by atoms with Crippen molar-refractivity contribution in [3.63, 3.8) is 0 Å². The smallest absolute Gasteiger partial charge is 0.119 e. The summed E-state index contributed by atoms with van der Waals surface area (Å²) in [4.78, 5) is 2.42. The van der Waals surface area contributed by atoms with Gasteiger partial charge in [0, 0.05) is 25.7 Å². The summed E-state index contributed by atoms with van der Waals surface area (Å²) in [5.74, 6) is 0.899. The molecule has 1 aromatic rings. The van der Waals surface area contributed by atoms with Crippen molar-refractivity contribution in [1.29, 1.82) is 0 Å². The van der Waals surface area contributed by atoms with Crippen molar-refractivity contribution >= 4 is 0 Å². The number of hydrogen-bond acceptors (Lipinski definition) is 4. The van der Waals surface area contributed by atoms with E-state index in [4.69, 9.17) is 9.47 Å². The molecule has 4 nitrogen and oxygen atoms in total. The maximum absolute atomic E-state index is 5.31. The number of nitrogens with zero attached hydrogens (tertiary/aromatic N) is 1. The molecule has 0 aliphatic carbocycles. The number of benzene rings is 1. The molecule has 0 saturated heterocycles. The van der Waals surface area contributed by atoms with Gasteiger partial charge in [0.1, 0.15) is 5.75 Å². The molecule has 20 heavy (non-hydrogen) atoms. The van der Waals surface area contributed by atoms with E-state index in [0.717, 1.165) is 25.4 Å². The van der Waals surface area contributed by atoms with E-state index in [-0.39, 0.29) is 6.04 Å². The largest absolute Gasteiger partial charge is 0.497 e. The van der Waals surface area contributed by atoms with E-state index < -0.39 is 0 Å². The summed E-state index contributed by atoms with van der Waals surface area (Å²) in [7, 11) is 5.45. The van der Waals surface area contributed by atoms with E-state index >= 15 is 0 Å². The molecule has 0 heterocycles. The van der Waals surface area contributed by atoms with Crippen molar-refractivity contribution in [2.75, 3.05) is 41.0 Å². The van der Waals surface area contributed by atoms with Gasteiger partial charge in [0.05, 0.1) is 13.7 Å². The average Bonchev–Trinajstić information content (AvgIpc) is 2.48. The van der Waals surface area contributed by atoms with Crippen molar-refractivity contribution in [3.05, 3.63) is 29.8 Å². The predicted molar refractivity (Wildman–Crippen MR) is 83.4 cm³/mol. The van der Waals surface area contributed by atoms with Gasteiger partial charge >= 0.3 is 0 Å². The second-order valence-electron chi connectivity index (χ2n) is 5.01. The van der Waals surface area contributed by atoms with E-state index in [9.17, 15) is 0 Å². The number of hydrogen-bond donors (Lipinski definition) is 1. The van der Waals surface area contributed by atoms with E-state index in [1.54, 1.807) is 14.2 Å². The molecule has 0 aromatic heterocycles. The van der Waals surface area contributed by atoms with Crippen LogP contribution in [0.1, 0.15) is 25.5 Å². The topological polar surface area (TPSA) is 33.7 Å². The number of ether oxygens (including phenoxy) is 2. The minimum atomic E-state index is 0.282. The summed E-state index contributed by atoms with van der Waals surface area (Å²) in [6.45, 7) is 7.09. The van der Waals surface area contributed by atoms with Crippen LogP contribution in [-0.4, -0.2) is 51.9 Å². The molecule has 0 aliphatic heterocycles. The predicted octanol–water partition coefficient (Wildman–Crippen LogP) is 2.31. The van der Waals surface area contributed by atoms with Crippen LogP contribution in [0.15, 0.2) is 24.3 Å². The maximum Gasteiger partial charge on any atom is 0.119 e. The van der Waals surface area contributed by atoms with Crippen LogP contribution in [0, 0.1) is 0 Å². The van der Waals surface area contributed by atoms with E-state index in [1.807, 2.05) is 19.2 Å². The Labute approximate surface area is 123 Å². The molecule has 2 unspecified atom stereocenters. The molecule has 1 N–H and O–H groups in total. The maximum atomic E-state index is 5.31. The van der Waals surface area contributed by atoms with Crippen molar-refractivity contribution in [2.24, 2.45) is 0 Å². The lowest BCUT2D eigenvalue weighted by atomic mass is 10.1. The van der Waals surface area contributed by atoms with Crippen LogP contribution in [-0.2, 0) is 4.74 Å². The molecule has 1 aromatic carbocycles. The third-order valence-corrected chi connectivity index (χ3v) is 3.70. The average molecular weight is 280 g/mol. The summed E-state index contributed by atoms with van der Waals surface area (Å²) in [6.07, 6.45) is 0. The molecule has 0 spiro atoms. The number of rotatable bonds is 9. The van der Waals surface area contributed by atoms with Crippen molar-refractivity contribution < 1.29 is 9.47 Å². The number of likely N-dealkylation sites (N-methyl/N-ethyl adjacent to an activating group) is 2. The van der Waals surface area contributed by atoms with Gasteiger partial charge in [0.25, 0.3) is 0 Å². The molecule has 1 rings (SSSR count). The summed E-state index contributed by atoms with van der Waals surface area (Å²) in [5, 5.41) is 3.39. The van der Waals surface area contributed by atoms with Crippen LogP contribution in [0.3, 0.4) is 0 Å². The highest BCUT2D eigenvalue weighted by Crippen LogP contribution is 2.20. The minimum absolute atomic E-state index is 0.282. The van der Waals surface area contributed by atoms with Crippen LogP contribution in [0.2, 0.25) is 0 Å². The highest BCUT2D eigenvalue weighted by atomic mass is 16.5. The van der Waals surface area contributed by atoms with Gasteiger partial charge in [0.15, 0.2) is 0 Å². The molecule has 0 bridgehead atoms. The molecular formula is C16H28N2O2. The Bertz CT molecular complexity index is 384. The van der Waals surface area contributed by atoms with Gasteiger partial charge < -0.3 is 14.8 Å². The Morgan fingerprint density at radius 1 is 1.30 bits per heavy atom. The first-order valence-electron chi connectivity index (χ1n) is 7.20. The van der Waals surface area contributed by atoms with E-state index in [0.29, 0.717) is 6.04 Å². The Hall–Kier alpha value is -1.10. The van der Waals surface area contributed by atoms with Gasteiger partial charge in [-0.15, -0.1) is 0 Å². The molecule has 2 atom stereocenters. The minimum Gasteiger partial charge on any atom is -0.497 e. The standard InChI is InChI=1S/C16H28N2O2/c1-6-18(13(2)12-19-4)11-16(17-3)14-8-7-9-15(10-14)20-5/h7-10,13,16-17H,6,11-12H2,1-5H3. The van der Waals surface area contributed by atoms with E-state index in [1.165, 1.54) is 5.56 Å². The third kappa shape index (κ3) is 4.78. The number of nitrogens with one attached hydrogen (secondary N) is 1. The Morgan fingerprint density at radius 2 is 2.05 bits per heavy atom. The Kier molecular flexibility index (Phi) is 7.59. The van der Waals surface area contributed by atoms with E-state index in [2.05, 4.69) is 36.2 Å². The zero-order valence-electron chi connectivity index (χ0n) is 13.3. The van der Waals surface area contributed by atoms with Gasteiger partial charge in [-0.3, -0.25) is 4.90 Å². The first-order valence-corrected chi connectivity index (χ1v) is 7.20. The molecule has 114 valence electrons. The first-order chi connectivity index (χ1) is 9.65. The third-order valence-electron chi connectivity index (χ3n) is 3.70. The molecule has 0 fully saturated rings. The highest BCUT2D eigenvalue weighted by Gasteiger charge is 2.18. The molecular weight excluding hydrogens is 252 g/mol. The lowest BCUT2D eigenvalue weighted by Gasteiger charge is -2.31. The molecule has 0 aliphatic rings. The zero-order chi connectivity index (χ0) is 15.0. The van der Waals surface area contributed by atoms with Gasteiger partial charge in [-0.25, -0.2) is 0 Å². The van der Waals surface area contributed by atoms with Crippen LogP contribution < -0.4 is 10.1 Å². The molecule has 4 heteroatoms. The monoisotopic (exact) mass is 280 g/mol. The van der Waals surface area contributed by atoms with Crippen molar-refractivity contribution in [3.8, 4) is 5.75 Å². The summed E-state index contributed by atoms with van der Waals surface area (Å²) < 4.78 is 10.6. The van der Waals surface area contributed by atoms with Crippen LogP contribution >= 0.6 is 0 Å². The Morgan fingerprint density at radius 3 is 2.60 bits per heavy atom. The fourth-order valence-electron chi connectivity index (χ4n) is 2.42. The van der Waals surface area contributed by atoms with Crippen LogP contribution in [0.4, 0.5) is 0 Å². The fourth-order valence-corrected chi connectivity index (χ4v) is 2.42. The van der Waals surface area contributed by atoms with Gasteiger partial charge in [-0.2, -0.15) is 0 Å². The molecule has 0 amide bonds. The Balaban J connectivity index is 2.78. The molecule has 0 saturated carbocycles. The van der Waals surface area contributed by atoms with Crippen LogP contribution in [0.5, 0.6) is 5.75 Å². The second kappa shape index (κ2) is 8.95. The zero-order valence-corrected chi connectivity index (χ0v) is 13.3. The summed E-state index contributed by atoms with van der Waals surface area (Å²) >= 11 is 0. The normalized spacial score (nSPS) is 14.3. The lowest BCUT2D eigenvalue weighted by molar-refractivity contribution is 0.0962. The second-order valence-corrected chi connectivity index (χ2v) is 5.01. The SMILES string of the molecule is CCN(CC(NC)c1cccc(OC)c1)C(C)COC. The quantitative estimate of drug-likeness (QED) is 0.752. The van der Waals surface area contributed by atoms with Crippen LogP contribution in [0.25, 0.3) is 0 Å². The summed E-state index contributed by atoms with van der Waals surface area (Å²) in [5.41, 5.74) is 1.25. The van der Waals surface area contributed by atoms with Crippen molar-refractivity contribution in [1.82, 2.24) is 10.2 Å². The summed E-state index contributed by atoms with van der Waals surface area (Å²) in [6, 6.07) is 8.93. The fraction of sp³-hybridized carbons (Fsp3) is 0.625. The van der Waals surface area contributed by atoms with Gasteiger partial charge in [0.2, 0.25) is 0 Å². The first kappa shape index (κ1) is 17.0.